The number of hydrogen-bond acceptors (Lipinski definition) is 7. The van der Waals surface area contributed by atoms with Crippen molar-refractivity contribution in [1.82, 2.24) is 4.90 Å². The molecule has 1 aliphatic rings. The molecule has 0 atom stereocenters. The summed E-state index contributed by atoms with van der Waals surface area (Å²) in [4.78, 5) is 30.7. The van der Waals surface area contributed by atoms with Crippen LogP contribution in [0.4, 0.5) is 5.69 Å². The van der Waals surface area contributed by atoms with Gasteiger partial charge in [0.25, 0.3) is 5.91 Å². The lowest BCUT2D eigenvalue weighted by molar-refractivity contribution is -0.122. The summed E-state index contributed by atoms with van der Waals surface area (Å²) in [5.41, 5.74) is 0.661. The number of thioether (sulfide) groups is 1. The van der Waals surface area contributed by atoms with Crippen LogP contribution in [0.25, 0.3) is 6.08 Å². The molecule has 0 bridgehead atoms. The van der Waals surface area contributed by atoms with E-state index in [1.807, 2.05) is 0 Å². The standard InChI is InChI=1S/C21H20N2O6S/c1-4-23-19(25)18(10-12-9-14(28-2)6-8-17(12)29-3)30-21(23)22-16-7-5-13(24)11-15(16)20(26)27/h5-11,24H,4H2,1-3H3,(H,26,27)/b18-10-,22-21?. The first-order chi connectivity index (χ1) is 14.4. The van der Waals surface area contributed by atoms with Crippen molar-refractivity contribution in [2.75, 3.05) is 20.8 Å². The molecule has 0 aliphatic carbocycles. The number of carboxylic acid groups (broad SMARTS) is 1. The number of hydrogen-bond donors (Lipinski definition) is 2. The predicted molar refractivity (Wildman–Crippen MR) is 115 cm³/mol. The summed E-state index contributed by atoms with van der Waals surface area (Å²) >= 11 is 1.13. The number of rotatable bonds is 6. The molecule has 2 N–H and O–H groups in total. The zero-order valence-electron chi connectivity index (χ0n) is 16.6. The molecule has 0 spiro atoms. The molecular weight excluding hydrogens is 408 g/mol. The van der Waals surface area contributed by atoms with Gasteiger partial charge in [0.1, 0.15) is 17.2 Å². The molecule has 1 heterocycles. The van der Waals surface area contributed by atoms with E-state index in [0.717, 1.165) is 17.8 Å². The number of benzene rings is 2. The van der Waals surface area contributed by atoms with Crippen molar-refractivity contribution in [3.05, 3.63) is 52.4 Å². The quantitative estimate of drug-likeness (QED) is 0.675. The van der Waals surface area contributed by atoms with E-state index in [9.17, 15) is 19.8 Å². The fourth-order valence-electron chi connectivity index (χ4n) is 2.86. The largest absolute Gasteiger partial charge is 0.508 e. The van der Waals surface area contributed by atoms with E-state index in [0.29, 0.717) is 33.7 Å². The van der Waals surface area contributed by atoms with Gasteiger partial charge in [-0.15, -0.1) is 0 Å². The second-order valence-electron chi connectivity index (χ2n) is 6.17. The number of phenols is 1. The van der Waals surface area contributed by atoms with Crippen LogP contribution in [0.5, 0.6) is 17.2 Å². The third-order valence-electron chi connectivity index (χ3n) is 4.35. The van der Waals surface area contributed by atoms with Crippen molar-refractivity contribution in [3.8, 4) is 17.2 Å². The number of carboxylic acids is 1. The minimum Gasteiger partial charge on any atom is -0.508 e. The molecule has 156 valence electrons. The van der Waals surface area contributed by atoms with E-state index >= 15 is 0 Å². The van der Waals surface area contributed by atoms with Gasteiger partial charge in [-0.25, -0.2) is 9.79 Å². The number of phenolic OH excluding ortho intramolecular Hbond substituents is 1. The van der Waals surface area contributed by atoms with Gasteiger partial charge in [-0.1, -0.05) is 0 Å². The normalized spacial score (nSPS) is 16.4. The number of amidine groups is 1. The van der Waals surface area contributed by atoms with Crippen molar-refractivity contribution in [3.63, 3.8) is 0 Å². The van der Waals surface area contributed by atoms with Crippen LogP contribution in [0.3, 0.4) is 0 Å². The SMILES string of the molecule is CCN1C(=O)/C(=C/c2cc(OC)ccc2OC)SC1=Nc1ccc(O)cc1C(=O)O. The van der Waals surface area contributed by atoms with E-state index in [-0.39, 0.29) is 22.9 Å². The summed E-state index contributed by atoms with van der Waals surface area (Å²) in [6, 6.07) is 9.13. The number of aromatic carboxylic acids is 1. The van der Waals surface area contributed by atoms with E-state index in [2.05, 4.69) is 4.99 Å². The summed E-state index contributed by atoms with van der Waals surface area (Å²) in [6.45, 7) is 2.16. The average molecular weight is 428 g/mol. The highest BCUT2D eigenvalue weighted by atomic mass is 32.2. The Kier molecular flexibility index (Phi) is 6.31. The smallest absolute Gasteiger partial charge is 0.338 e. The van der Waals surface area contributed by atoms with Gasteiger partial charge in [0.15, 0.2) is 5.17 Å². The molecule has 0 unspecified atom stereocenters. The molecular formula is C21H20N2O6S. The third-order valence-corrected chi connectivity index (χ3v) is 5.36. The van der Waals surface area contributed by atoms with Crippen LogP contribution in [-0.4, -0.2) is 52.9 Å². The van der Waals surface area contributed by atoms with Gasteiger partial charge in [0, 0.05) is 12.1 Å². The van der Waals surface area contributed by atoms with Gasteiger partial charge in [-0.05, 0) is 61.2 Å². The van der Waals surface area contributed by atoms with Gasteiger partial charge in [0.05, 0.1) is 30.4 Å². The number of aromatic hydroxyl groups is 1. The monoisotopic (exact) mass is 428 g/mol. The maximum absolute atomic E-state index is 12.9. The van der Waals surface area contributed by atoms with Crippen LogP contribution < -0.4 is 9.47 Å². The molecule has 1 fully saturated rings. The van der Waals surface area contributed by atoms with Crippen molar-refractivity contribution >= 4 is 40.6 Å². The summed E-state index contributed by atoms with van der Waals surface area (Å²) in [5.74, 6) is -0.447. The average Bonchev–Trinajstić information content (AvgIpc) is 3.03. The highest BCUT2D eigenvalue weighted by Gasteiger charge is 2.33. The maximum atomic E-state index is 12.9. The van der Waals surface area contributed by atoms with Gasteiger partial charge in [-0.2, -0.15) is 0 Å². The van der Waals surface area contributed by atoms with E-state index < -0.39 is 5.97 Å². The van der Waals surface area contributed by atoms with Crippen LogP contribution in [0.2, 0.25) is 0 Å². The summed E-state index contributed by atoms with van der Waals surface area (Å²) in [7, 11) is 3.09. The van der Waals surface area contributed by atoms with E-state index in [1.54, 1.807) is 38.3 Å². The Labute approximate surface area is 177 Å². The zero-order valence-corrected chi connectivity index (χ0v) is 17.4. The number of likely N-dealkylation sites (N-methyl/N-ethyl adjacent to an activating group) is 1. The second-order valence-corrected chi connectivity index (χ2v) is 7.18. The van der Waals surface area contributed by atoms with Gasteiger partial charge in [-0.3, -0.25) is 9.69 Å². The van der Waals surface area contributed by atoms with Gasteiger partial charge in [0.2, 0.25) is 0 Å². The Bertz CT molecular complexity index is 1060. The van der Waals surface area contributed by atoms with Crippen molar-refractivity contribution in [2.45, 2.75) is 6.92 Å². The summed E-state index contributed by atoms with van der Waals surface area (Å²) in [6.07, 6.45) is 1.69. The minimum absolute atomic E-state index is 0.147. The van der Waals surface area contributed by atoms with Crippen molar-refractivity contribution < 1.29 is 29.3 Å². The number of nitrogens with zero attached hydrogens (tertiary/aromatic N) is 2. The maximum Gasteiger partial charge on any atom is 0.338 e. The Hall–Kier alpha value is -3.46. The second kappa shape index (κ2) is 8.91. The number of carbonyl (C=O) groups is 2. The Balaban J connectivity index is 2.04. The lowest BCUT2D eigenvalue weighted by Gasteiger charge is -2.12. The van der Waals surface area contributed by atoms with Crippen molar-refractivity contribution in [2.24, 2.45) is 4.99 Å². The molecule has 0 aromatic heterocycles. The first kappa shape index (κ1) is 21.3. The lowest BCUT2D eigenvalue weighted by Crippen LogP contribution is -2.28. The minimum atomic E-state index is -1.22. The molecule has 30 heavy (non-hydrogen) atoms. The van der Waals surface area contributed by atoms with Crippen LogP contribution in [0, 0.1) is 0 Å². The fourth-order valence-corrected chi connectivity index (χ4v) is 3.91. The Morgan fingerprint density at radius 3 is 2.60 bits per heavy atom. The highest BCUT2D eigenvalue weighted by Crippen LogP contribution is 2.37. The number of ether oxygens (including phenoxy) is 2. The highest BCUT2D eigenvalue weighted by molar-refractivity contribution is 8.18. The van der Waals surface area contributed by atoms with Crippen LogP contribution in [0.1, 0.15) is 22.8 Å². The topological polar surface area (TPSA) is 109 Å². The van der Waals surface area contributed by atoms with Crippen LogP contribution in [0.15, 0.2) is 46.3 Å². The molecule has 2 aromatic rings. The first-order valence-electron chi connectivity index (χ1n) is 8.96. The number of methoxy groups -OCH3 is 2. The molecule has 3 rings (SSSR count). The lowest BCUT2D eigenvalue weighted by atomic mass is 10.1. The third kappa shape index (κ3) is 4.25. The molecule has 8 nitrogen and oxygen atoms in total. The predicted octanol–water partition coefficient (Wildman–Crippen LogP) is 3.73. The van der Waals surface area contributed by atoms with Gasteiger partial charge < -0.3 is 19.7 Å². The summed E-state index contributed by atoms with van der Waals surface area (Å²) in [5, 5.41) is 19.3. The number of carbonyl (C=O) groups excluding carboxylic acids is 1. The molecule has 1 amide bonds. The molecule has 1 aliphatic heterocycles. The molecule has 1 saturated heterocycles. The fraction of sp³-hybridized carbons (Fsp3) is 0.190. The van der Waals surface area contributed by atoms with E-state index in [1.165, 1.54) is 24.1 Å². The Morgan fingerprint density at radius 1 is 1.20 bits per heavy atom. The molecule has 2 aromatic carbocycles. The first-order valence-corrected chi connectivity index (χ1v) is 9.78. The Morgan fingerprint density at radius 2 is 1.97 bits per heavy atom. The zero-order chi connectivity index (χ0) is 21.8. The summed E-state index contributed by atoms with van der Waals surface area (Å²) < 4.78 is 10.6. The van der Waals surface area contributed by atoms with Gasteiger partial charge >= 0.3 is 5.97 Å². The van der Waals surface area contributed by atoms with Crippen molar-refractivity contribution in [1.29, 1.82) is 0 Å². The molecule has 0 radical (unpaired) electrons. The number of aliphatic imine (C=N–C) groups is 1. The number of amides is 1. The molecule has 9 heteroatoms. The molecule has 0 saturated carbocycles. The van der Waals surface area contributed by atoms with E-state index in [4.69, 9.17) is 9.47 Å². The van der Waals surface area contributed by atoms with Crippen LogP contribution in [-0.2, 0) is 4.79 Å². The van der Waals surface area contributed by atoms with Crippen LogP contribution >= 0.6 is 11.8 Å².